The van der Waals surface area contributed by atoms with Gasteiger partial charge in [0.15, 0.2) is 0 Å². The van der Waals surface area contributed by atoms with Crippen molar-refractivity contribution in [3.05, 3.63) is 118 Å². The van der Waals surface area contributed by atoms with Crippen molar-refractivity contribution in [1.29, 1.82) is 0 Å². The summed E-state index contributed by atoms with van der Waals surface area (Å²) in [6.45, 7) is 16.3. The molecule has 0 fully saturated rings. The van der Waals surface area contributed by atoms with Crippen LogP contribution in [0.2, 0.25) is 0 Å². The molecule has 0 bridgehead atoms. The van der Waals surface area contributed by atoms with Crippen LogP contribution in [0, 0.1) is 5.82 Å². The minimum atomic E-state index is -0.608. The molecule has 1 aliphatic heterocycles. The van der Waals surface area contributed by atoms with Crippen molar-refractivity contribution in [3.63, 3.8) is 0 Å². The molecule has 1 aromatic rings. The van der Waals surface area contributed by atoms with Gasteiger partial charge in [-0.3, -0.25) is 4.99 Å². The van der Waals surface area contributed by atoms with Crippen molar-refractivity contribution in [2.24, 2.45) is 4.99 Å². The standard InChI is InChI=1S/C33H37F2N3O2.C3H8/c1-22-18-19-36-24(3)30(31(22)37-21-23(2)38-32(39)40-33(4,5)6)28(27-15-9-10-17-29(27)35)16-11-13-25-12-7-8-14-26(34)20-25;1-3-2/h8-18,20,23,36H,19,21H2,1-6H3,(H,38,39);3H2,1-2H3/b13-11?,28-16-,37-31?;/t23-;/m1./s1. The second-order valence-corrected chi connectivity index (χ2v) is 11.3. The summed E-state index contributed by atoms with van der Waals surface area (Å²) < 4.78 is 34.5. The van der Waals surface area contributed by atoms with Gasteiger partial charge in [0, 0.05) is 29.4 Å². The van der Waals surface area contributed by atoms with Gasteiger partial charge in [-0.2, -0.15) is 0 Å². The van der Waals surface area contributed by atoms with Crippen LogP contribution in [0.5, 0.6) is 0 Å². The van der Waals surface area contributed by atoms with Crippen molar-refractivity contribution < 1.29 is 18.3 Å². The summed E-state index contributed by atoms with van der Waals surface area (Å²) in [5, 5.41) is 6.20. The maximum Gasteiger partial charge on any atom is 0.407 e. The van der Waals surface area contributed by atoms with E-state index in [1.54, 1.807) is 42.5 Å². The van der Waals surface area contributed by atoms with E-state index < -0.39 is 11.7 Å². The third kappa shape index (κ3) is 11.9. The number of rotatable bonds is 7. The fourth-order valence-corrected chi connectivity index (χ4v) is 4.09. The predicted molar refractivity (Wildman–Crippen MR) is 175 cm³/mol. The summed E-state index contributed by atoms with van der Waals surface area (Å²) in [6, 6.07) is 6.26. The van der Waals surface area contributed by atoms with E-state index in [4.69, 9.17) is 9.73 Å². The zero-order valence-electron chi connectivity index (χ0n) is 26.6. The molecular formula is C36H45F2N3O2. The molecular weight excluding hydrogens is 544 g/mol. The highest BCUT2D eigenvalue weighted by atomic mass is 19.1. The lowest BCUT2D eigenvalue weighted by atomic mass is 9.89. The van der Waals surface area contributed by atoms with E-state index >= 15 is 4.39 Å². The Morgan fingerprint density at radius 3 is 2.58 bits per heavy atom. The maximum absolute atomic E-state index is 15.2. The SMILES string of the molecule is CC1=CCNC(C)=C(/C(=C\C=CC2=CC(F)=CC=C=C2)c2ccccc2F)C1=NC[C@@H](C)NC(=O)OC(C)(C)C.CCC. The zero-order chi connectivity index (χ0) is 32.0. The van der Waals surface area contributed by atoms with Crippen LogP contribution in [0.25, 0.3) is 5.57 Å². The summed E-state index contributed by atoms with van der Waals surface area (Å²) in [4.78, 5) is 17.2. The Morgan fingerprint density at radius 1 is 1.21 bits per heavy atom. The maximum atomic E-state index is 15.2. The lowest BCUT2D eigenvalue weighted by Gasteiger charge is -2.22. The molecule has 1 aliphatic carbocycles. The molecule has 0 unspecified atom stereocenters. The average Bonchev–Trinajstić information content (AvgIpc) is 3.20. The molecule has 0 radical (unpaired) electrons. The predicted octanol–water partition coefficient (Wildman–Crippen LogP) is 8.86. The first kappa shape index (κ1) is 35.0. The fourth-order valence-electron chi connectivity index (χ4n) is 4.09. The van der Waals surface area contributed by atoms with Crippen molar-refractivity contribution in [3.8, 4) is 0 Å². The largest absolute Gasteiger partial charge is 0.444 e. The molecule has 0 saturated carbocycles. The molecule has 230 valence electrons. The van der Waals surface area contributed by atoms with E-state index in [1.165, 1.54) is 30.7 Å². The Balaban J connectivity index is 0.00000206. The van der Waals surface area contributed by atoms with Crippen LogP contribution in [-0.2, 0) is 4.74 Å². The zero-order valence-corrected chi connectivity index (χ0v) is 26.6. The number of ether oxygens (including phenoxy) is 1. The van der Waals surface area contributed by atoms with E-state index in [1.807, 2.05) is 47.6 Å². The number of allylic oxidation sites excluding steroid dienone is 12. The highest BCUT2D eigenvalue weighted by Crippen LogP contribution is 2.32. The summed E-state index contributed by atoms with van der Waals surface area (Å²) in [7, 11) is 0. The molecule has 1 heterocycles. The Kier molecular flexibility index (Phi) is 13.9. The molecule has 1 amide bonds. The van der Waals surface area contributed by atoms with Crippen molar-refractivity contribution >= 4 is 17.4 Å². The Morgan fingerprint density at radius 2 is 1.91 bits per heavy atom. The summed E-state index contributed by atoms with van der Waals surface area (Å²) in [5.41, 5.74) is 7.10. The minimum Gasteiger partial charge on any atom is -0.444 e. The van der Waals surface area contributed by atoms with Gasteiger partial charge in [-0.1, -0.05) is 62.8 Å². The number of amides is 1. The molecule has 1 aromatic carbocycles. The molecule has 0 saturated heterocycles. The number of nitrogens with one attached hydrogen (secondary N) is 2. The number of hydrogen-bond donors (Lipinski definition) is 2. The van der Waals surface area contributed by atoms with Crippen LogP contribution in [0.3, 0.4) is 0 Å². The van der Waals surface area contributed by atoms with Gasteiger partial charge in [0.2, 0.25) is 0 Å². The Labute approximate surface area is 255 Å². The monoisotopic (exact) mass is 589 g/mol. The molecule has 43 heavy (non-hydrogen) atoms. The van der Waals surface area contributed by atoms with Crippen LogP contribution >= 0.6 is 0 Å². The second kappa shape index (κ2) is 17.0. The van der Waals surface area contributed by atoms with Crippen LogP contribution in [0.15, 0.2) is 112 Å². The highest BCUT2D eigenvalue weighted by Gasteiger charge is 2.23. The summed E-state index contributed by atoms with van der Waals surface area (Å²) in [6.07, 6.45) is 14.0. The molecule has 2 aliphatic rings. The normalized spacial score (nSPS) is 17.2. The van der Waals surface area contributed by atoms with Crippen LogP contribution in [-0.4, -0.2) is 36.5 Å². The third-order valence-corrected chi connectivity index (χ3v) is 5.93. The van der Waals surface area contributed by atoms with Crippen molar-refractivity contribution in [1.82, 2.24) is 10.6 Å². The van der Waals surface area contributed by atoms with Crippen LogP contribution < -0.4 is 10.6 Å². The molecule has 5 nitrogen and oxygen atoms in total. The van der Waals surface area contributed by atoms with Crippen molar-refractivity contribution in [2.75, 3.05) is 13.1 Å². The van der Waals surface area contributed by atoms with E-state index in [0.717, 1.165) is 16.8 Å². The van der Waals surface area contributed by atoms with E-state index in [9.17, 15) is 9.18 Å². The van der Waals surface area contributed by atoms with E-state index in [2.05, 4.69) is 30.2 Å². The first-order chi connectivity index (χ1) is 20.4. The average molecular weight is 590 g/mol. The third-order valence-electron chi connectivity index (χ3n) is 5.93. The van der Waals surface area contributed by atoms with E-state index in [-0.39, 0.29) is 24.2 Å². The van der Waals surface area contributed by atoms with Crippen LogP contribution in [0.1, 0.15) is 67.4 Å². The quantitative estimate of drug-likeness (QED) is 0.247. The molecule has 1 atom stereocenters. The summed E-state index contributed by atoms with van der Waals surface area (Å²) >= 11 is 0. The number of hydrogen-bond acceptors (Lipinski definition) is 4. The lowest BCUT2D eigenvalue weighted by molar-refractivity contribution is 0.0510. The highest BCUT2D eigenvalue weighted by molar-refractivity contribution is 6.22. The minimum absolute atomic E-state index is 0.284. The van der Waals surface area contributed by atoms with Crippen LogP contribution in [0.4, 0.5) is 13.6 Å². The Hall–Kier alpha value is -4.22. The molecule has 0 spiro atoms. The number of carbonyl (C=O) groups is 1. The topological polar surface area (TPSA) is 62.7 Å². The molecule has 7 heteroatoms. The number of nitrogens with zero attached hydrogens (tertiary/aromatic N) is 1. The van der Waals surface area contributed by atoms with Gasteiger partial charge < -0.3 is 15.4 Å². The van der Waals surface area contributed by atoms with Gasteiger partial charge in [-0.05, 0) is 88.6 Å². The number of halogens is 2. The lowest BCUT2D eigenvalue weighted by Crippen LogP contribution is -2.39. The molecule has 3 rings (SSSR count). The number of aliphatic imine (C=N–C) groups is 1. The van der Waals surface area contributed by atoms with E-state index in [0.29, 0.717) is 29.0 Å². The van der Waals surface area contributed by atoms with Gasteiger partial charge >= 0.3 is 6.09 Å². The van der Waals surface area contributed by atoms with Gasteiger partial charge in [-0.25, -0.2) is 13.6 Å². The fraction of sp³-hybridized carbons (Fsp3) is 0.361. The van der Waals surface area contributed by atoms with Gasteiger partial charge in [-0.15, -0.1) is 5.73 Å². The molecule has 2 N–H and O–H groups in total. The number of benzene rings is 1. The Bertz CT molecular complexity index is 1430. The van der Waals surface area contributed by atoms with Crippen molar-refractivity contribution in [2.45, 2.75) is 73.5 Å². The first-order valence-corrected chi connectivity index (χ1v) is 14.7. The van der Waals surface area contributed by atoms with Gasteiger partial charge in [0.05, 0.1) is 12.3 Å². The first-order valence-electron chi connectivity index (χ1n) is 14.7. The van der Waals surface area contributed by atoms with Gasteiger partial charge in [0.25, 0.3) is 0 Å². The summed E-state index contributed by atoms with van der Waals surface area (Å²) in [5.74, 6) is -0.756. The number of carbonyl (C=O) groups excluding carboxylic acids is 1. The molecule has 0 aromatic heterocycles. The van der Waals surface area contributed by atoms with Gasteiger partial charge in [0.1, 0.15) is 17.2 Å². The number of alkyl carbamates (subject to hydrolysis) is 1. The second-order valence-electron chi connectivity index (χ2n) is 11.3. The smallest absolute Gasteiger partial charge is 0.407 e.